The highest BCUT2D eigenvalue weighted by Gasteiger charge is 2.36. The van der Waals surface area contributed by atoms with Gasteiger partial charge in [-0.1, -0.05) is 24.6 Å². The minimum absolute atomic E-state index is 0.0216. The fourth-order valence-corrected chi connectivity index (χ4v) is 5.02. The highest BCUT2D eigenvalue weighted by molar-refractivity contribution is 7.92. The fraction of sp³-hybridized carbons (Fsp3) is 0.360. The maximum Gasteiger partial charge on any atom is 0.285 e. The number of halogens is 1. The molecule has 3 aromatic heterocycles. The lowest BCUT2D eigenvalue weighted by Crippen LogP contribution is -2.34. The lowest BCUT2D eigenvalue weighted by atomic mass is 10.1. The van der Waals surface area contributed by atoms with Crippen LogP contribution in [0, 0.1) is 18.8 Å². The summed E-state index contributed by atoms with van der Waals surface area (Å²) in [6.07, 6.45) is 3.09. The van der Waals surface area contributed by atoms with Gasteiger partial charge in [0, 0.05) is 19.3 Å². The molecule has 4 aromatic rings. The van der Waals surface area contributed by atoms with Crippen LogP contribution in [0.25, 0.3) is 22.9 Å². The van der Waals surface area contributed by atoms with Crippen LogP contribution in [0.1, 0.15) is 29.6 Å². The molecule has 0 amide bonds. The van der Waals surface area contributed by atoms with Gasteiger partial charge in [0.2, 0.25) is 34.0 Å². The molecule has 40 heavy (non-hydrogen) atoms. The van der Waals surface area contributed by atoms with E-state index in [2.05, 4.69) is 32.3 Å². The predicted octanol–water partition coefficient (Wildman–Crippen LogP) is 3.47. The molecule has 5 rings (SSSR count). The highest BCUT2D eigenvalue weighted by Crippen LogP contribution is 2.42. The highest BCUT2D eigenvalue weighted by atomic mass is 35.5. The number of hydrogen-bond acceptors (Lipinski definition) is 12. The second kappa shape index (κ2) is 10.5. The van der Waals surface area contributed by atoms with E-state index in [0.29, 0.717) is 29.6 Å². The first-order chi connectivity index (χ1) is 18.9. The van der Waals surface area contributed by atoms with E-state index in [1.165, 1.54) is 7.05 Å². The Morgan fingerprint density at radius 1 is 1.18 bits per heavy atom. The van der Waals surface area contributed by atoms with Crippen molar-refractivity contribution in [3.63, 3.8) is 0 Å². The van der Waals surface area contributed by atoms with Gasteiger partial charge in [0.05, 0.1) is 29.0 Å². The van der Waals surface area contributed by atoms with Gasteiger partial charge in [0.15, 0.2) is 5.82 Å². The molecule has 1 aliphatic rings. The summed E-state index contributed by atoms with van der Waals surface area (Å²) in [6.45, 7) is 4.36. The molecule has 15 heteroatoms. The van der Waals surface area contributed by atoms with Crippen molar-refractivity contribution in [3.8, 4) is 22.9 Å². The van der Waals surface area contributed by atoms with Gasteiger partial charge in [0.1, 0.15) is 5.82 Å². The van der Waals surface area contributed by atoms with E-state index in [9.17, 15) is 13.2 Å². The molecule has 1 saturated carbocycles. The number of benzene rings is 1. The summed E-state index contributed by atoms with van der Waals surface area (Å²) < 4.78 is 37.0. The van der Waals surface area contributed by atoms with Crippen molar-refractivity contribution >= 4 is 44.7 Å². The van der Waals surface area contributed by atoms with E-state index >= 15 is 0 Å². The molecule has 0 radical (unpaired) electrons. The number of anilines is 3. The number of carbonyl (C=O) groups excluding carboxylic acids is 1. The van der Waals surface area contributed by atoms with Gasteiger partial charge >= 0.3 is 0 Å². The molecule has 0 aliphatic heterocycles. The van der Waals surface area contributed by atoms with Crippen LogP contribution in [-0.4, -0.2) is 66.0 Å². The van der Waals surface area contributed by atoms with Gasteiger partial charge in [-0.25, -0.2) is 13.4 Å². The predicted molar refractivity (Wildman–Crippen MR) is 148 cm³/mol. The van der Waals surface area contributed by atoms with Crippen LogP contribution in [0.4, 0.5) is 17.3 Å². The van der Waals surface area contributed by atoms with Crippen molar-refractivity contribution in [2.75, 3.05) is 41.3 Å². The fourth-order valence-electron chi connectivity index (χ4n) is 4.22. The van der Waals surface area contributed by atoms with Gasteiger partial charge in [-0.05, 0) is 48.9 Å². The molecule has 13 nitrogen and oxygen atoms in total. The number of sulfonamides is 1. The number of Topliss-reactive ketones (excluding diaryl/α,β-unsaturated/α-hetero) is 1. The van der Waals surface area contributed by atoms with Gasteiger partial charge < -0.3 is 19.5 Å². The lowest BCUT2D eigenvalue weighted by molar-refractivity contribution is 0.0965. The van der Waals surface area contributed by atoms with Crippen molar-refractivity contribution in [2.45, 2.75) is 20.3 Å². The topological polar surface area (TPSA) is 174 Å². The Kier molecular flexibility index (Phi) is 7.23. The lowest BCUT2D eigenvalue weighted by Gasteiger charge is -2.26. The van der Waals surface area contributed by atoms with E-state index in [1.807, 2.05) is 13.0 Å². The average Bonchev–Trinajstić information content (AvgIpc) is 3.30. The van der Waals surface area contributed by atoms with Crippen molar-refractivity contribution in [1.29, 1.82) is 0 Å². The van der Waals surface area contributed by atoms with Crippen LogP contribution in [0.15, 0.2) is 39.5 Å². The van der Waals surface area contributed by atoms with Gasteiger partial charge in [-0.2, -0.15) is 0 Å². The third kappa shape index (κ3) is 5.63. The van der Waals surface area contributed by atoms with Crippen LogP contribution in [0.5, 0.6) is 0 Å². The third-order valence-corrected chi connectivity index (χ3v) is 8.34. The molecule has 210 valence electrons. The Labute approximate surface area is 235 Å². The Hall–Kier alpha value is -4.04. The molecular formula is C25H27ClN8O5S. The first-order valence-electron chi connectivity index (χ1n) is 12.3. The zero-order chi connectivity index (χ0) is 28.8. The molecule has 0 unspecified atom stereocenters. The summed E-state index contributed by atoms with van der Waals surface area (Å²) >= 11 is 6.72. The zero-order valence-electron chi connectivity index (χ0n) is 22.2. The molecule has 1 fully saturated rings. The third-order valence-electron chi connectivity index (χ3n) is 6.80. The molecule has 1 aromatic carbocycles. The number of carbonyl (C=O) groups is 1. The monoisotopic (exact) mass is 586 g/mol. The molecular weight excluding hydrogens is 560 g/mol. The number of pyridine rings is 1. The Balaban J connectivity index is 1.61. The minimum Gasteiger partial charge on any atom is -0.421 e. The maximum atomic E-state index is 12.9. The van der Waals surface area contributed by atoms with Crippen molar-refractivity contribution in [1.82, 2.24) is 25.4 Å². The number of nitrogens with two attached hydrogens (primary N) is 1. The quantitative estimate of drug-likeness (QED) is 0.212. The number of aromatic nitrogens is 5. The van der Waals surface area contributed by atoms with Gasteiger partial charge in [0.25, 0.3) is 5.89 Å². The number of rotatable bonds is 10. The molecule has 0 spiro atoms. The van der Waals surface area contributed by atoms with E-state index < -0.39 is 15.8 Å². The van der Waals surface area contributed by atoms with Crippen molar-refractivity contribution in [3.05, 3.63) is 47.1 Å². The number of nitrogen functional groups attached to an aromatic ring is 1. The summed E-state index contributed by atoms with van der Waals surface area (Å²) in [5, 5.41) is 15.6. The Bertz CT molecular complexity index is 1670. The standard InChI is InChI=1S/C25H27ClN8O5S/c1-13-5-6-16(18(27)7-13)23-31-32-24(39-23)17-9-20(29-22(21(17)26)33(3)40(4,36)37)34(10-15-8-14(15)2)11-19(35)25-30-28-12-38-25/h5-7,9,12,14-15H,8,10-11,27H2,1-4H3/t14-,15+/m1/s1. The number of nitrogens with zero attached hydrogens (tertiary/aromatic N) is 7. The molecule has 2 atom stereocenters. The van der Waals surface area contributed by atoms with Crippen LogP contribution >= 0.6 is 11.6 Å². The van der Waals surface area contributed by atoms with E-state index in [-0.39, 0.29) is 46.4 Å². The Morgan fingerprint density at radius 3 is 2.48 bits per heavy atom. The largest absolute Gasteiger partial charge is 0.421 e. The molecule has 0 saturated heterocycles. The minimum atomic E-state index is -3.76. The van der Waals surface area contributed by atoms with Gasteiger partial charge in [-0.3, -0.25) is 9.10 Å². The summed E-state index contributed by atoms with van der Waals surface area (Å²) in [5.41, 5.74) is 8.37. The van der Waals surface area contributed by atoms with Crippen LogP contribution in [-0.2, 0) is 10.0 Å². The zero-order valence-corrected chi connectivity index (χ0v) is 23.8. The molecule has 0 bridgehead atoms. The van der Waals surface area contributed by atoms with E-state index in [4.69, 9.17) is 26.2 Å². The Morgan fingerprint density at radius 2 is 1.88 bits per heavy atom. The summed E-state index contributed by atoms with van der Waals surface area (Å²) in [6, 6.07) is 7.01. The normalized spacial score (nSPS) is 16.6. The summed E-state index contributed by atoms with van der Waals surface area (Å²) in [5.74, 6) is 0.615. The average molecular weight is 587 g/mol. The summed E-state index contributed by atoms with van der Waals surface area (Å²) in [4.78, 5) is 19.2. The maximum absolute atomic E-state index is 12.9. The van der Waals surface area contributed by atoms with E-state index in [1.54, 1.807) is 23.1 Å². The second-order valence-corrected chi connectivity index (χ2v) is 12.3. The summed E-state index contributed by atoms with van der Waals surface area (Å²) in [7, 11) is -2.43. The number of hydrogen-bond donors (Lipinski definition) is 1. The molecule has 1 aliphatic carbocycles. The first-order valence-corrected chi connectivity index (χ1v) is 14.5. The SMILES string of the molecule is Cc1ccc(-c2nnc(-c3cc(N(CC(=O)c4nnco4)C[C@@H]4C[C@H]4C)nc(N(C)S(C)(=O)=O)c3Cl)o2)c(N)c1. The van der Waals surface area contributed by atoms with Gasteiger partial charge in [-0.15, -0.1) is 20.4 Å². The van der Waals surface area contributed by atoms with Crippen LogP contribution < -0.4 is 14.9 Å². The van der Waals surface area contributed by atoms with Crippen LogP contribution in [0.3, 0.4) is 0 Å². The first kappa shape index (κ1) is 27.5. The number of ketones is 1. The van der Waals surface area contributed by atoms with Crippen molar-refractivity contribution in [2.24, 2.45) is 11.8 Å². The molecule has 3 heterocycles. The second-order valence-electron chi connectivity index (χ2n) is 9.92. The van der Waals surface area contributed by atoms with E-state index in [0.717, 1.165) is 28.9 Å². The molecule has 2 N–H and O–H groups in total. The van der Waals surface area contributed by atoms with Crippen molar-refractivity contribution < 1.29 is 22.0 Å². The van der Waals surface area contributed by atoms with Crippen LogP contribution in [0.2, 0.25) is 5.02 Å². The number of aryl methyl sites for hydroxylation is 1. The smallest absolute Gasteiger partial charge is 0.285 e.